The second-order valence-corrected chi connectivity index (χ2v) is 6.09. The molecule has 0 spiro atoms. The summed E-state index contributed by atoms with van der Waals surface area (Å²) in [5.41, 5.74) is 0.616. The van der Waals surface area contributed by atoms with Crippen LogP contribution in [0, 0.1) is 17.8 Å². The van der Waals surface area contributed by atoms with Crippen LogP contribution in [-0.4, -0.2) is 12.5 Å². The number of carbonyl (C=O) groups is 1. The Morgan fingerprint density at radius 2 is 2.00 bits per heavy atom. The van der Waals surface area contributed by atoms with E-state index in [1.807, 2.05) is 0 Å². The van der Waals surface area contributed by atoms with Gasteiger partial charge in [0.05, 0.1) is 0 Å². The first-order valence-electron chi connectivity index (χ1n) is 7.45. The van der Waals surface area contributed by atoms with Gasteiger partial charge in [-0.05, 0) is 61.3 Å². The molecule has 3 atom stereocenters. The van der Waals surface area contributed by atoms with E-state index in [2.05, 4.69) is 10.1 Å². The molecule has 1 aromatic carbocycles. The van der Waals surface area contributed by atoms with Crippen molar-refractivity contribution in [3.05, 3.63) is 24.3 Å². The Hall–Kier alpha value is -1.65. The minimum Gasteiger partial charge on any atom is -0.435 e. The first kappa shape index (κ1) is 14.3. The van der Waals surface area contributed by atoms with Gasteiger partial charge in [-0.25, -0.2) is 0 Å². The normalized spacial score (nSPS) is 27.1. The molecular weight excluding hydrogens is 276 g/mol. The van der Waals surface area contributed by atoms with Crippen LogP contribution in [-0.2, 0) is 4.79 Å². The lowest BCUT2D eigenvalue weighted by Crippen LogP contribution is -2.20. The number of nitrogens with one attached hydrogen (secondary N) is 1. The van der Waals surface area contributed by atoms with Crippen molar-refractivity contribution >= 4 is 11.6 Å². The van der Waals surface area contributed by atoms with Gasteiger partial charge < -0.3 is 10.1 Å². The van der Waals surface area contributed by atoms with E-state index in [9.17, 15) is 13.6 Å². The zero-order chi connectivity index (χ0) is 14.8. The van der Waals surface area contributed by atoms with E-state index in [1.165, 1.54) is 37.8 Å². The molecule has 0 unspecified atom stereocenters. The van der Waals surface area contributed by atoms with Crippen LogP contribution in [0.25, 0.3) is 0 Å². The summed E-state index contributed by atoms with van der Waals surface area (Å²) in [5, 5.41) is 2.83. The largest absolute Gasteiger partial charge is 0.435 e. The highest BCUT2D eigenvalue weighted by molar-refractivity contribution is 5.90. The molecule has 0 aliphatic heterocycles. The van der Waals surface area contributed by atoms with E-state index < -0.39 is 6.61 Å². The van der Waals surface area contributed by atoms with Gasteiger partial charge in [0.1, 0.15) is 5.75 Å². The molecule has 0 radical (unpaired) electrons. The lowest BCUT2D eigenvalue weighted by Gasteiger charge is -2.20. The zero-order valence-corrected chi connectivity index (χ0v) is 11.7. The summed E-state index contributed by atoms with van der Waals surface area (Å²) < 4.78 is 28.3. The fourth-order valence-electron chi connectivity index (χ4n) is 3.80. The Kier molecular flexibility index (Phi) is 4.08. The first-order chi connectivity index (χ1) is 10.1. The van der Waals surface area contributed by atoms with Crippen molar-refractivity contribution < 1.29 is 18.3 Å². The van der Waals surface area contributed by atoms with Crippen LogP contribution < -0.4 is 10.1 Å². The van der Waals surface area contributed by atoms with Gasteiger partial charge in [0.2, 0.25) is 5.91 Å². The highest BCUT2D eigenvalue weighted by Crippen LogP contribution is 2.49. The zero-order valence-electron chi connectivity index (χ0n) is 11.7. The van der Waals surface area contributed by atoms with Gasteiger partial charge in [-0.2, -0.15) is 8.78 Å². The predicted octanol–water partition coefficient (Wildman–Crippen LogP) is 4.05. The number of hydrogen-bond donors (Lipinski definition) is 1. The highest BCUT2D eigenvalue weighted by atomic mass is 19.3. The maximum Gasteiger partial charge on any atom is 0.387 e. The summed E-state index contributed by atoms with van der Waals surface area (Å²) in [6.07, 6.45) is 5.63. The molecule has 2 bridgehead atoms. The van der Waals surface area contributed by atoms with Gasteiger partial charge in [0, 0.05) is 12.1 Å². The molecule has 21 heavy (non-hydrogen) atoms. The lowest BCUT2D eigenvalue weighted by atomic mass is 9.86. The molecule has 0 saturated heterocycles. The maximum absolute atomic E-state index is 12.0. The van der Waals surface area contributed by atoms with Crippen molar-refractivity contribution in [1.29, 1.82) is 0 Å². The molecule has 114 valence electrons. The van der Waals surface area contributed by atoms with E-state index in [4.69, 9.17) is 0 Å². The minimum absolute atomic E-state index is 0.00933. The highest BCUT2D eigenvalue weighted by Gasteiger charge is 2.40. The van der Waals surface area contributed by atoms with Crippen LogP contribution in [0.2, 0.25) is 0 Å². The van der Waals surface area contributed by atoms with Crippen molar-refractivity contribution in [3.8, 4) is 5.75 Å². The first-order valence-corrected chi connectivity index (χ1v) is 7.45. The van der Waals surface area contributed by atoms with Crippen LogP contribution in [0.3, 0.4) is 0 Å². The number of rotatable bonds is 5. The van der Waals surface area contributed by atoms with Crippen molar-refractivity contribution in [2.24, 2.45) is 17.8 Å². The standard InChI is InChI=1S/C16H19F2NO2/c17-16(18)21-14-5-3-13(4-6-14)19-15(20)9-12-8-10-1-2-11(12)7-10/h3-6,10-12,16H,1-2,7-9H2,(H,19,20)/t10-,11+,12+/m0/s1. The molecule has 2 fully saturated rings. The van der Waals surface area contributed by atoms with Crippen molar-refractivity contribution in [2.45, 2.75) is 38.7 Å². The Morgan fingerprint density at radius 3 is 2.57 bits per heavy atom. The summed E-state index contributed by atoms with van der Waals surface area (Å²) in [6, 6.07) is 6.02. The van der Waals surface area contributed by atoms with E-state index in [-0.39, 0.29) is 11.7 Å². The molecule has 2 aliphatic carbocycles. The molecular formula is C16H19F2NO2. The summed E-state index contributed by atoms with van der Waals surface area (Å²) >= 11 is 0. The van der Waals surface area contributed by atoms with E-state index in [0.717, 1.165) is 11.8 Å². The molecule has 1 N–H and O–H groups in total. The van der Waals surface area contributed by atoms with Crippen LogP contribution in [0.4, 0.5) is 14.5 Å². The summed E-state index contributed by atoms with van der Waals surface area (Å²) in [4.78, 5) is 12.0. The average Bonchev–Trinajstić information content (AvgIpc) is 3.02. The van der Waals surface area contributed by atoms with Crippen LogP contribution in [0.1, 0.15) is 32.1 Å². The third-order valence-electron chi connectivity index (χ3n) is 4.70. The number of ether oxygens (including phenoxy) is 1. The molecule has 2 aliphatic rings. The van der Waals surface area contributed by atoms with E-state index >= 15 is 0 Å². The van der Waals surface area contributed by atoms with Gasteiger partial charge >= 0.3 is 6.61 Å². The fraction of sp³-hybridized carbons (Fsp3) is 0.562. The average molecular weight is 295 g/mol. The SMILES string of the molecule is O=C(C[C@H]1C[C@H]2CC[C@@H]1C2)Nc1ccc(OC(F)F)cc1. The number of benzene rings is 1. The van der Waals surface area contributed by atoms with Crippen molar-refractivity contribution in [2.75, 3.05) is 5.32 Å². The van der Waals surface area contributed by atoms with E-state index in [0.29, 0.717) is 18.0 Å². The molecule has 0 heterocycles. The second kappa shape index (κ2) is 6.00. The summed E-state index contributed by atoms with van der Waals surface area (Å²) in [6.45, 7) is -2.83. The topological polar surface area (TPSA) is 38.3 Å². The van der Waals surface area contributed by atoms with Gasteiger partial charge in [-0.15, -0.1) is 0 Å². The summed E-state index contributed by atoms with van der Waals surface area (Å²) in [5.74, 6) is 2.18. The van der Waals surface area contributed by atoms with Crippen molar-refractivity contribution in [3.63, 3.8) is 0 Å². The predicted molar refractivity (Wildman–Crippen MR) is 75.3 cm³/mol. The molecule has 1 aromatic rings. The van der Waals surface area contributed by atoms with Crippen LogP contribution in [0.15, 0.2) is 24.3 Å². The lowest BCUT2D eigenvalue weighted by molar-refractivity contribution is -0.117. The fourth-order valence-corrected chi connectivity index (χ4v) is 3.80. The molecule has 2 saturated carbocycles. The third kappa shape index (κ3) is 3.52. The molecule has 5 heteroatoms. The van der Waals surface area contributed by atoms with Crippen LogP contribution in [0.5, 0.6) is 5.75 Å². The molecule has 1 amide bonds. The van der Waals surface area contributed by atoms with E-state index in [1.54, 1.807) is 12.1 Å². The Balaban J connectivity index is 1.50. The quantitative estimate of drug-likeness (QED) is 0.890. The number of halogens is 2. The second-order valence-electron chi connectivity index (χ2n) is 6.09. The maximum atomic E-state index is 12.0. The Bertz CT molecular complexity index is 504. The number of alkyl halides is 2. The summed E-state index contributed by atoms with van der Waals surface area (Å²) in [7, 11) is 0. The Morgan fingerprint density at radius 1 is 1.24 bits per heavy atom. The van der Waals surface area contributed by atoms with Gasteiger partial charge in [0.15, 0.2) is 0 Å². The minimum atomic E-state index is -2.83. The molecule has 0 aromatic heterocycles. The smallest absolute Gasteiger partial charge is 0.387 e. The van der Waals surface area contributed by atoms with Gasteiger partial charge in [-0.1, -0.05) is 6.42 Å². The van der Waals surface area contributed by atoms with Crippen LogP contribution >= 0.6 is 0 Å². The van der Waals surface area contributed by atoms with Gasteiger partial charge in [-0.3, -0.25) is 4.79 Å². The number of fused-ring (bicyclic) bond motifs is 2. The molecule has 3 rings (SSSR count). The third-order valence-corrected chi connectivity index (χ3v) is 4.70. The van der Waals surface area contributed by atoms with Gasteiger partial charge in [0.25, 0.3) is 0 Å². The number of amides is 1. The van der Waals surface area contributed by atoms with Crippen molar-refractivity contribution in [1.82, 2.24) is 0 Å². The monoisotopic (exact) mass is 295 g/mol. The number of carbonyl (C=O) groups excluding carboxylic acids is 1. The molecule has 3 nitrogen and oxygen atoms in total. The number of anilines is 1. The number of hydrogen-bond acceptors (Lipinski definition) is 2. The Labute approximate surface area is 122 Å².